The zero-order valence-electron chi connectivity index (χ0n) is 19.4. The minimum atomic E-state index is -0.697. The molecule has 4 aromatic rings. The number of fused-ring (bicyclic) bond motifs is 1. The first-order valence-electron chi connectivity index (χ1n) is 11.7. The smallest absolute Gasteiger partial charge is 0.255 e. The molecule has 6 heteroatoms. The highest BCUT2D eigenvalue weighted by molar-refractivity contribution is 6.06. The molecule has 35 heavy (non-hydrogen) atoms. The molecular weight excluding hydrogens is 440 g/mol. The fraction of sp³-hybridized carbons (Fsp3) is 0.207. The molecular formula is C29H30N2O4. The number of rotatable bonds is 11. The van der Waals surface area contributed by atoms with Gasteiger partial charge in [-0.05, 0) is 59.2 Å². The van der Waals surface area contributed by atoms with Gasteiger partial charge in [-0.3, -0.25) is 4.79 Å². The number of carbonyl (C=O) groups excluding carboxylic acids is 1. The number of aliphatic hydroxyl groups excluding tert-OH is 2. The summed E-state index contributed by atoms with van der Waals surface area (Å²) in [6.07, 6.45) is -0.112. The highest BCUT2D eigenvalue weighted by atomic mass is 16.5. The Kier molecular flexibility index (Phi) is 8.46. The van der Waals surface area contributed by atoms with Gasteiger partial charge in [0.25, 0.3) is 5.91 Å². The zero-order valence-corrected chi connectivity index (χ0v) is 19.4. The van der Waals surface area contributed by atoms with E-state index in [0.717, 1.165) is 16.3 Å². The van der Waals surface area contributed by atoms with E-state index >= 15 is 0 Å². The third-order valence-electron chi connectivity index (χ3n) is 5.75. The molecule has 4 rings (SSSR count). The van der Waals surface area contributed by atoms with Gasteiger partial charge in [0, 0.05) is 23.8 Å². The molecule has 6 nitrogen and oxygen atoms in total. The van der Waals surface area contributed by atoms with E-state index in [-0.39, 0.29) is 25.2 Å². The van der Waals surface area contributed by atoms with E-state index in [4.69, 9.17) is 4.74 Å². The number of hydrogen-bond donors (Lipinski definition) is 4. The Bertz CT molecular complexity index is 1230. The molecule has 0 saturated carbocycles. The summed E-state index contributed by atoms with van der Waals surface area (Å²) in [5, 5.41) is 28.2. The first kappa shape index (κ1) is 24.4. The van der Waals surface area contributed by atoms with Gasteiger partial charge in [0.15, 0.2) is 0 Å². The quantitative estimate of drug-likeness (QED) is 0.266. The van der Waals surface area contributed by atoms with Crippen LogP contribution in [0.4, 0.5) is 5.69 Å². The van der Waals surface area contributed by atoms with Gasteiger partial charge in [-0.15, -0.1) is 0 Å². The Balaban J connectivity index is 1.25. The monoisotopic (exact) mass is 470 g/mol. The van der Waals surface area contributed by atoms with Crippen molar-refractivity contribution in [2.45, 2.75) is 18.6 Å². The summed E-state index contributed by atoms with van der Waals surface area (Å²) in [5.41, 5.74) is 2.32. The summed E-state index contributed by atoms with van der Waals surface area (Å²) in [7, 11) is 0. The second kappa shape index (κ2) is 12.1. The molecule has 0 bridgehead atoms. The predicted octanol–water partition coefficient (Wildman–Crippen LogP) is 4.03. The molecule has 0 aliphatic carbocycles. The molecule has 0 aliphatic heterocycles. The Hall–Kier alpha value is -3.71. The van der Waals surface area contributed by atoms with Gasteiger partial charge >= 0.3 is 0 Å². The second-order valence-electron chi connectivity index (χ2n) is 8.48. The molecule has 0 fully saturated rings. The van der Waals surface area contributed by atoms with Crippen LogP contribution in [0.5, 0.6) is 5.75 Å². The fourth-order valence-electron chi connectivity index (χ4n) is 3.81. The van der Waals surface area contributed by atoms with Crippen LogP contribution in [0.1, 0.15) is 15.9 Å². The van der Waals surface area contributed by atoms with Crippen molar-refractivity contribution in [2.24, 2.45) is 0 Å². The van der Waals surface area contributed by atoms with Gasteiger partial charge in [-0.1, -0.05) is 60.7 Å². The number of aliphatic hydroxyl groups is 2. The van der Waals surface area contributed by atoms with E-state index in [0.29, 0.717) is 30.0 Å². The van der Waals surface area contributed by atoms with Crippen molar-refractivity contribution in [1.29, 1.82) is 0 Å². The van der Waals surface area contributed by atoms with E-state index < -0.39 is 6.10 Å². The van der Waals surface area contributed by atoms with E-state index in [1.165, 1.54) is 0 Å². The summed E-state index contributed by atoms with van der Waals surface area (Å²) in [5.74, 6) is 0.545. The lowest BCUT2D eigenvalue weighted by Gasteiger charge is -2.19. The zero-order chi connectivity index (χ0) is 24.5. The summed E-state index contributed by atoms with van der Waals surface area (Å²) < 4.78 is 5.56. The number of amides is 1. The van der Waals surface area contributed by atoms with E-state index in [2.05, 4.69) is 10.6 Å². The summed E-state index contributed by atoms with van der Waals surface area (Å²) in [6, 6.07) is 30.3. The second-order valence-corrected chi connectivity index (χ2v) is 8.48. The van der Waals surface area contributed by atoms with Crippen LogP contribution in [0.15, 0.2) is 97.1 Å². The van der Waals surface area contributed by atoms with Crippen molar-refractivity contribution < 1.29 is 19.7 Å². The van der Waals surface area contributed by atoms with Crippen molar-refractivity contribution >= 4 is 22.4 Å². The van der Waals surface area contributed by atoms with Crippen LogP contribution in [0.2, 0.25) is 0 Å². The Morgan fingerprint density at radius 1 is 0.857 bits per heavy atom. The highest BCUT2D eigenvalue weighted by Crippen LogP contribution is 2.18. The minimum absolute atomic E-state index is 0.0628. The summed E-state index contributed by atoms with van der Waals surface area (Å²) >= 11 is 0. The molecule has 1 amide bonds. The van der Waals surface area contributed by atoms with E-state index in [9.17, 15) is 15.0 Å². The standard InChI is InChI=1S/C29H30N2O4/c32-19-26(30-18-27(33)20-35-28-8-2-1-3-9-28)16-21-10-14-25(15-11-21)31-29(34)24-13-12-22-6-4-5-7-23(22)17-24/h1-15,17,26-27,30,32-33H,16,18-20H2,(H,31,34)/t26-,27-/m0/s1. The van der Waals surface area contributed by atoms with Crippen molar-refractivity contribution in [3.8, 4) is 5.75 Å². The van der Waals surface area contributed by atoms with Crippen LogP contribution >= 0.6 is 0 Å². The molecule has 0 saturated heterocycles. The van der Waals surface area contributed by atoms with Crippen molar-refractivity contribution in [3.05, 3.63) is 108 Å². The average molecular weight is 471 g/mol. The molecule has 4 aromatic carbocycles. The van der Waals surface area contributed by atoms with Gasteiger partial charge in [0.2, 0.25) is 0 Å². The summed E-state index contributed by atoms with van der Waals surface area (Å²) in [4.78, 5) is 12.7. The Labute approximate surface area is 205 Å². The molecule has 0 radical (unpaired) electrons. The number of benzene rings is 4. The molecule has 0 unspecified atom stereocenters. The van der Waals surface area contributed by atoms with Crippen LogP contribution in [-0.4, -0.2) is 48.0 Å². The number of hydrogen-bond acceptors (Lipinski definition) is 5. The van der Waals surface area contributed by atoms with E-state index in [1.807, 2.05) is 97.1 Å². The molecule has 0 aromatic heterocycles. The topological polar surface area (TPSA) is 90.8 Å². The lowest BCUT2D eigenvalue weighted by molar-refractivity contribution is 0.0997. The first-order chi connectivity index (χ1) is 17.1. The van der Waals surface area contributed by atoms with Gasteiger partial charge in [0.05, 0.1) is 6.61 Å². The number of carbonyl (C=O) groups is 1. The van der Waals surface area contributed by atoms with E-state index in [1.54, 1.807) is 0 Å². The number of anilines is 1. The normalized spacial score (nSPS) is 12.7. The molecule has 0 aliphatic rings. The van der Waals surface area contributed by atoms with Crippen molar-refractivity contribution in [3.63, 3.8) is 0 Å². The lowest BCUT2D eigenvalue weighted by Crippen LogP contribution is -2.41. The summed E-state index contributed by atoms with van der Waals surface area (Å²) in [6.45, 7) is 0.408. The number of ether oxygens (including phenoxy) is 1. The largest absolute Gasteiger partial charge is 0.491 e. The predicted molar refractivity (Wildman–Crippen MR) is 139 cm³/mol. The van der Waals surface area contributed by atoms with Gasteiger partial charge in [-0.25, -0.2) is 0 Å². The van der Waals surface area contributed by atoms with Gasteiger partial charge in [0.1, 0.15) is 18.5 Å². The minimum Gasteiger partial charge on any atom is -0.491 e. The Morgan fingerprint density at radius 2 is 1.57 bits per heavy atom. The molecule has 180 valence electrons. The maximum Gasteiger partial charge on any atom is 0.255 e. The maximum atomic E-state index is 12.7. The molecule has 0 heterocycles. The molecule has 0 spiro atoms. The SMILES string of the molecule is O=C(Nc1ccc(C[C@@H](CO)NC[C@H](O)COc2ccccc2)cc1)c1ccc2ccccc2c1. The van der Waals surface area contributed by atoms with Crippen LogP contribution in [0.25, 0.3) is 10.8 Å². The van der Waals surface area contributed by atoms with Crippen molar-refractivity contribution in [1.82, 2.24) is 5.32 Å². The van der Waals surface area contributed by atoms with Crippen molar-refractivity contribution in [2.75, 3.05) is 25.1 Å². The lowest BCUT2D eigenvalue weighted by atomic mass is 10.1. The van der Waals surface area contributed by atoms with Gasteiger partial charge < -0.3 is 25.6 Å². The van der Waals surface area contributed by atoms with Crippen LogP contribution in [-0.2, 0) is 6.42 Å². The maximum absolute atomic E-state index is 12.7. The Morgan fingerprint density at radius 3 is 2.31 bits per heavy atom. The molecule has 2 atom stereocenters. The van der Waals surface area contributed by atoms with Crippen LogP contribution in [0, 0.1) is 0 Å². The van der Waals surface area contributed by atoms with Crippen LogP contribution < -0.4 is 15.4 Å². The highest BCUT2D eigenvalue weighted by Gasteiger charge is 2.13. The number of nitrogens with one attached hydrogen (secondary N) is 2. The number of para-hydroxylation sites is 1. The average Bonchev–Trinajstić information content (AvgIpc) is 2.91. The molecule has 4 N–H and O–H groups in total. The fourth-order valence-corrected chi connectivity index (χ4v) is 3.81. The van der Waals surface area contributed by atoms with Crippen LogP contribution in [0.3, 0.4) is 0 Å². The third-order valence-corrected chi connectivity index (χ3v) is 5.75. The van der Waals surface area contributed by atoms with Gasteiger partial charge in [-0.2, -0.15) is 0 Å². The first-order valence-corrected chi connectivity index (χ1v) is 11.7. The third kappa shape index (κ3) is 7.13.